The molecule has 168 valence electrons. The number of carbonyl (C=O) groups is 1. The smallest absolute Gasteiger partial charge is 0.221 e. The summed E-state index contributed by atoms with van der Waals surface area (Å²) >= 11 is 0. The van der Waals surface area contributed by atoms with Crippen LogP contribution >= 0.6 is 0 Å². The molecule has 0 aromatic heterocycles. The Labute approximate surface area is 185 Å². The molecule has 0 aliphatic carbocycles. The van der Waals surface area contributed by atoms with Crippen molar-refractivity contribution in [2.75, 3.05) is 39.1 Å². The second kappa shape index (κ2) is 12.6. The molecule has 0 heterocycles. The van der Waals surface area contributed by atoms with Crippen LogP contribution in [0.5, 0.6) is 5.75 Å². The fraction of sp³-hybridized carbons (Fsp3) is 0.417. The van der Waals surface area contributed by atoms with Gasteiger partial charge in [-0.2, -0.15) is 0 Å². The molecule has 7 nitrogen and oxygen atoms in total. The zero-order chi connectivity index (χ0) is 22.6. The summed E-state index contributed by atoms with van der Waals surface area (Å²) in [4.78, 5) is 18.3. The van der Waals surface area contributed by atoms with E-state index in [2.05, 4.69) is 64.0 Å². The van der Waals surface area contributed by atoms with Gasteiger partial charge in [0.05, 0.1) is 18.8 Å². The zero-order valence-corrected chi connectivity index (χ0v) is 19.2. The number of carbonyl (C=O) groups excluding carboxylic acids is 1. The van der Waals surface area contributed by atoms with Crippen molar-refractivity contribution in [1.82, 2.24) is 15.5 Å². The van der Waals surface area contributed by atoms with Crippen molar-refractivity contribution in [3.05, 3.63) is 59.7 Å². The number of nitrogens with one attached hydrogen (secondary N) is 3. The lowest BCUT2D eigenvalue weighted by Crippen LogP contribution is -2.43. The van der Waals surface area contributed by atoms with E-state index in [1.165, 1.54) is 12.5 Å². The maximum atomic E-state index is 11.5. The average molecular weight is 426 g/mol. The number of rotatable bonds is 10. The highest BCUT2D eigenvalue weighted by Crippen LogP contribution is 2.25. The molecule has 2 aromatic carbocycles. The number of ether oxygens (including phenoxy) is 1. The van der Waals surface area contributed by atoms with E-state index in [-0.39, 0.29) is 11.9 Å². The molecule has 0 bridgehead atoms. The van der Waals surface area contributed by atoms with Gasteiger partial charge in [0.1, 0.15) is 5.75 Å². The predicted octanol–water partition coefficient (Wildman–Crippen LogP) is 3.40. The van der Waals surface area contributed by atoms with Gasteiger partial charge in [0.25, 0.3) is 0 Å². The van der Waals surface area contributed by atoms with Gasteiger partial charge in [-0.05, 0) is 36.3 Å². The number of nitrogens with zero attached hydrogens (tertiary/aromatic N) is 2. The van der Waals surface area contributed by atoms with Gasteiger partial charge in [-0.25, -0.2) is 0 Å². The maximum absolute atomic E-state index is 11.5. The van der Waals surface area contributed by atoms with Crippen molar-refractivity contribution in [1.29, 1.82) is 0 Å². The predicted molar refractivity (Wildman–Crippen MR) is 128 cm³/mol. The van der Waals surface area contributed by atoms with Crippen LogP contribution in [0.25, 0.3) is 0 Å². The molecule has 0 fully saturated rings. The first-order valence-electron chi connectivity index (χ1n) is 10.7. The molecular weight excluding hydrogens is 390 g/mol. The molecule has 31 heavy (non-hydrogen) atoms. The molecule has 1 unspecified atom stereocenters. The lowest BCUT2D eigenvalue weighted by Gasteiger charge is -2.30. The molecule has 2 rings (SSSR count). The maximum Gasteiger partial charge on any atom is 0.221 e. The molecule has 3 N–H and O–H groups in total. The Balaban J connectivity index is 2.04. The second-order valence-electron chi connectivity index (χ2n) is 7.17. The molecule has 1 amide bonds. The van der Waals surface area contributed by atoms with Gasteiger partial charge in [0, 0.05) is 27.1 Å². The van der Waals surface area contributed by atoms with E-state index in [0.717, 1.165) is 31.2 Å². The second-order valence-corrected chi connectivity index (χ2v) is 7.17. The largest absolute Gasteiger partial charge is 0.495 e. The van der Waals surface area contributed by atoms with E-state index in [9.17, 15) is 4.79 Å². The molecule has 0 saturated carbocycles. The first-order chi connectivity index (χ1) is 15.0. The molecular formula is C24H35N5O2. The number of methoxy groups -OCH3 is 1. The van der Waals surface area contributed by atoms with E-state index >= 15 is 0 Å². The van der Waals surface area contributed by atoms with E-state index in [4.69, 9.17) is 4.74 Å². The first kappa shape index (κ1) is 24.2. The molecule has 1 atom stereocenters. The molecule has 0 spiro atoms. The van der Waals surface area contributed by atoms with Crippen LogP contribution in [-0.4, -0.2) is 50.6 Å². The van der Waals surface area contributed by atoms with Gasteiger partial charge in [0.2, 0.25) is 5.91 Å². The fourth-order valence-corrected chi connectivity index (χ4v) is 3.55. The van der Waals surface area contributed by atoms with Crippen molar-refractivity contribution in [3.63, 3.8) is 0 Å². The van der Waals surface area contributed by atoms with Crippen molar-refractivity contribution in [2.24, 2.45) is 4.99 Å². The summed E-state index contributed by atoms with van der Waals surface area (Å²) in [5.74, 6) is 1.22. The third kappa shape index (κ3) is 7.29. The lowest BCUT2D eigenvalue weighted by molar-refractivity contribution is -0.114. The Hall–Kier alpha value is -3.06. The van der Waals surface area contributed by atoms with E-state index in [0.29, 0.717) is 18.0 Å². The highest BCUT2D eigenvalue weighted by molar-refractivity contribution is 5.90. The molecule has 0 radical (unpaired) electrons. The average Bonchev–Trinajstić information content (AvgIpc) is 2.78. The lowest BCUT2D eigenvalue weighted by atomic mass is 10.1. The minimum Gasteiger partial charge on any atom is -0.495 e. The minimum absolute atomic E-state index is 0.135. The number of benzene rings is 2. The quantitative estimate of drug-likeness (QED) is 0.402. The monoisotopic (exact) mass is 425 g/mol. The first-order valence-corrected chi connectivity index (χ1v) is 10.7. The number of aliphatic imine (C=N–C) groups is 1. The van der Waals surface area contributed by atoms with Crippen LogP contribution in [0.2, 0.25) is 0 Å². The van der Waals surface area contributed by atoms with Crippen LogP contribution in [0.1, 0.15) is 37.9 Å². The topological polar surface area (TPSA) is 78.0 Å². The summed E-state index contributed by atoms with van der Waals surface area (Å²) in [5, 5.41) is 9.62. The Morgan fingerprint density at radius 1 is 1.10 bits per heavy atom. The third-order valence-electron chi connectivity index (χ3n) is 5.16. The van der Waals surface area contributed by atoms with Gasteiger partial charge in [0.15, 0.2) is 5.96 Å². The van der Waals surface area contributed by atoms with E-state index < -0.39 is 0 Å². The van der Waals surface area contributed by atoms with Gasteiger partial charge in [-0.1, -0.05) is 50.2 Å². The minimum atomic E-state index is -0.135. The molecule has 0 aliphatic rings. The Morgan fingerprint density at radius 2 is 1.81 bits per heavy atom. The number of likely N-dealkylation sites (N-methyl/N-ethyl adjacent to an activating group) is 1. The summed E-state index contributed by atoms with van der Waals surface area (Å²) in [6.45, 7) is 9.10. The van der Waals surface area contributed by atoms with Crippen LogP contribution in [0.4, 0.5) is 5.69 Å². The van der Waals surface area contributed by atoms with Crippen LogP contribution in [0.3, 0.4) is 0 Å². The van der Waals surface area contributed by atoms with Crippen molar-refractivity contribution < 1.29 is 9.53 Å². The molecule has 7 heteroatoms. The summed E-state index contributed by atoms with van der Waals surface area (Å²) in [6, 6.07) is 16.5. The summed E-state index contributed by atoms with van der Waals surface area (Å²) in [7, 11) is 3.35. The SMILES string of the molecule is CCN(CC)C(CNC(=NC)NCc1ccc(OC)c(NC(C)=O)c1)c1ccccc1. The molecule has 0 aliphatic heterocycles. The van der Waals surface area contributed by atoms with Crippen LogP contribution in [0.15, 0.2) is 53.5 Å². The third-order valence-corrected chi connectivity index (χ3v) is 5.16. The standard InChI is InChI=1S/C24H35N5O2/c1-6-29(7-2)22(20-11-9-8-10-12-20)17-27-24(25-4)26-16-19-13-14-23(31-5)21(15-19)28-18(3)30/h8-15,22H,6-7,16-17H2,1-5H3,(H,28,30)(H2,25,26,27). The van der Waals surface area contributed by atoms with Gasteiger partial charge >= 0.3 is 0 Å². The van der Waals surface area contributed by atoms with Crippen molar-refractivity contribution in [3.8, 4) is 5.75 Å². The van der Waals surface area contributed by atoms with Gasteiger partial charge < -0.3 is 20.7 Å². The Morgan fingerprint density at radius 3 is 2.39 bits per heavy atom. The highest BCUT2D eigenvalue weighted by atomic mass is 16.5. The van der Waals surface area contributed by atoms with E-state index in [1.807, 2.05) is 24.3 Å². The Bertz CT molecular complexity index is 850. The van der Waals surface area contributed by atoms with Crippen LogP contribution in [-0.2, 0) is 11.3 Å². The molecule has 2 aromatic rings. The van der Waals surface area contributed by atoms with Gasteiger partial charge in [-0.15, -0.1) is 0 Å². The highest BCUT2D eigenvalue weighted by Gasteiger charge is 2.18. The van der Waals surface area contributed by atoms with Crippen LogP contribution < -0.4 is 20.7 Å². The number of hydrogen-bond acceptors (Lipinski definition) is 4. The summed E-state index contributed by atoms with van der Waals surface area (Å²) in [5.41, 5.74) is 2.95. The number of guanidine groups is 1. The normalized spacial score (nSPS) is 12.4. The number of amides is 1. The number of anilines is 1. The molecule has 0 saturated heterocycles. The number of hydrogen-bond donors (Lipinski definition) is 3. The van der Waals surface area contributed by atoms with Crippen molar-refractivity contribution >= 4 is 17.6 Å². The van der Waals surface area contributed by atoms with Crippen molar-refractivity contribution in [2.45, 2.75) is 33.4 Å². The summed E-state index contributed by atoms with van der Waals surface area (Å²) in [6.07, 6.45) is 0. The van der Waals surface area contributed by atoms with Crippen LogP contribution in [0, 0.1) is 0 Å². The Kier molecular flexibility index (Phi) is 9.84. The van der Waals surface area contributed by atoms with Gasteiger partial charge in [-0.3, -0.25) is 14.7 Å². The zero-order valence-electron chi connectivity index (χ0n) is 19.2. The van der Waals surface area contributed by atoms with E-state index in [1.54, 1.807) is 14.2 Å². The fourth-order valence-electron chi connectivity index (χ4n) is 3.55. The summed E-state index contributed by atoms with van der Waals surface area (Å²) < 4.78 is 5.32.